The molecule has 1 heteroatoms. The van der Waals surface area contributed by atoms with Crippen molar-refractivity contribution < 1.29 is 5.11 Å². The lowest BCUT2D eigenvalue weighted by atomic mass is 10.0. The summed E-state index contributed by atoms with van der Waals surface area (Å²) < 4.78 is 0. The standard InChI is InChI=1S/C9H17O/c1-4-9(10)7-5-6-8(2)3/h4,9-10H,1,5-7H2,2-3H3. The third-order valence-corrected chi connectivity index (χ3v) is 1.45. The molecular weight excluding hydrogens is 124 g/mol. The van der Waals surface area contributed by atoms with Gasteiger partial charge in [0.2, 0.25) is 0 Å². The highest BCUT2D eigenvalue weighted by Crippen LogP contribution is 2.09. The molecule has 0 aromatic carbocycles. The van der Waals surface area contributed by atoms with Gasteiger partial charge in [0.05, 0.1) is 6.10 Å². The molecule has 1 N–H and O–H groups in total. The van der Waals surface area contributed by atoms with Gasteiger partial charge in [-0.3, -0.25) is 0 Å². The maximum absolute atomic E-state index is 9.04. The largest absolute Gasteiger partial charge is 0.389 e. The first-order chi connectivity index (χ1) is 4.66. The van der Waals surface area contributed by atoms with Crippen molar-refractivity contribution in [3.8, 4) is 0 Å². The minimum absolute atomic E-state index is 0.306. The molecular formula is C9H17O. The quantitative estimate of drug-likeness (QED) is 0.582. The second-order valence-corrected chi connectivity index (χ2v) is 2.90. The van der Waals surface area contributed by atoms with Crippen molar-refractivity contribution in [2.45, 2.75) is 39.2 Å². The fraction of sp³-hybridized carbons (Fsp3) is 0.667. The van der Waals surface area contributed by atoms with E-state index in [0.29, 0.717) is 0 Å². The zero-order valence-corrected chi connectivity index (χ0v) is 6.93. The van der Waals surface area contributed by atoms with Crippen LogP contribution in [0.4, 0.5) is 0 Å². The van der Waals surface area contributed by atoms with E-state index in [9.17, 15) is 0 Å². The lowest BCUT2D eigenvalue weighted by Crippen LogP contribution is -2.01. The van der Waals surface area contributed by atoms with E-state index in [-0.39, 0.29) is 6.10 Å². The van der Waals surface area contributed by atoms with E-state index >= 15 is 0 Å². The van der Waals surface area contributed by atoms with Crippen LogP contribution in [-0.2, 0) is 0 Å². The third kappa shape index (κ3) is 5.83. The van der Waals surface area contributed by atoms with Crippen molar-refractivity contribution in [2.24, 2.45) is 0 Å². The minimum Gasteiger partial charge on any atom is -0.389 e. The molecule has 0 heterocycles. The van der Waals surface area contributed by atoms with Crippen LogP contribution in [0.15, 0.2) is 12.7 Å². The van der Waals surface area contributed by atoms with Crippen LogP contribution in [0.5, 0.6) is 0 Å². The van der Waals surface area contributed by atoms with E-state index < -0.39 is 0 Å². The first-order valence-electron chi connectivity index (χ1n) is 3.76. The first kappa shape index (κ1) is 9.70. The van der Waals surface area contributed by atoms with E-state index in [2.05, 4.69) is 20.4 Å². The second-order valence-electron chi connectivity index (χ2n) is 2.90. The summed E-state index contributed by atoms with van der Waals surface area (Å²) in [6.45, 7) is 7.72. The van der Waals surface area contributed by atoms with Crippen LogP contribution < -0.4 is 0 Å². The maximum Gasteiger partial charge on any atom is 0.0718 e. The average molecular weight is 141 g/mol. The Bertz CT molecular complexity index is 86.7. The lowest BCUT2D eigenvalue weighted by Gasteiger charge is -2.05. The predicted octanol–water partition coefficient (Wildman–Crippen LogP) is 2.32. The molecule has 0 fully saturated rings. The molecule has 0 saturated heterocycles. The molecule has 0 aromatic rings. The summed E-state index contributed by atoms with van der Waals surface area (Å²) in [6, 6.07) is 0. The Balaban J connectivity index is 3.11. The van der Waals surface area contributed by atoms with Gasteiger partial charge in [-0.25, -0.2) is 0 Å². The summed E-state index contributed by atoms with van der Waals surface area (Å²) in [5, 5.41) is 9.04. The van der Waals surface area contributed by atoms with Crippen LogP contribution in [0, 0.1) is 5.92 Å². The van der Waals surface area contributed by atoms with Gasteiger partial charge < -0.3 is 5.11 Å². The third-order valence-electron chi connectivity index (χ3n) is 1.45. The van der Waals surface area contributed by atoms with Gasteiger partial charge in [-0.15, -0.1) is 6.58 Å². The molecule has 0 aliphatic rings. The normalized spacial score (nSPS) is 13.6. The van der Waals surface area contributed by atoms with E-state index in [0.717, 1.165) is 19.3 Å². The fourth-order valence-corrected chi connectivity index (χ4v) is 0.783. The van der Waals surface area contributed by atoms with Gasteiger partial charge in [-0.05, 0) is 18.8 Å². The summed E-state index contributed by atoms with van der Waals surface area (Å²) in [5.74, 6) is 1.43. The molecule has 0 aliphatic carbocycles. The summed E-state index contributed by atoms with van der Waals surface area (Å²) in [6.07, 6.45) is 4.31. The van der Waals surface area contributed by atoms with E-state index in [1.807, 2.05) is 0 Å². The number of hydrogen-bond acceptors (Lipinski definition) is 1. The highest BCUT2D eigenvalue weighted by atomic mass is 16.3. The van der Waals surface area contributed by atoms with Crippen LogP contribution >= 0.6 is 0 Å². The van der Waals surface area contributed by atoms with Crippen LogP contribution in [-0.4, -0.2) is 11.2 Å². The molecule has 0 rings (SSSR count). The Labute approximate surface area is 63.8 Å². The molecule has 0 aliphatic heterocycles. The van der Waals surface area contributed by atoms with Crippen molar-refractivity contribution in [3.63, 3.8) is 0 Å². The van der Waals surface area contributed by atoms with E-state index in [1.165, 1.54) is 5.92 Å². The summed E-state index contributed by atoms with van der Waals surface area (Å²) in [5.41, 5.74) is 0. The summed E-state index contributed by atoms with van der Waals surface area (Å²) in [7, 11) is 0. The minimum atomic E-state index is -0.306. The molecule has 1 radical (unpaired) electrons. The summed E-state index contributed by atoms with van der Waals surface area (Å²) >= 11 is 0. The van der Waals surface area contributed by atoms with Gasteiger partial charge in [0.1, 0.15) is 0 Å². The highest BCUT2D eigenvalue weighted by molar-refractivity contribution is 4.81. The maximum atomic E-state index is 9.04. The number of rotatable bonds is 5. The Morgan fingerprint density at radius 1 is 1.60 bits per heavy atom. The molecule has 1 nitrogen and oxygen atoms in total. The van der Waals surface area contributed by atoms with Crippen molar-refractivity contribution >= 4 is 0 Å². The Kier molecular flexibility index (Phi) is 5.32. The lowest BCUT2D eigenvalue weighted by molar-refractivity contribution is 0.209. The van der Waals surface area contributed by atoms with Crippen molar-refractivity contribution in [3.05, 3.63) is 18.6 Å². The summed E-state index contributed by atoms with van der Waals surface area (Å²) in [4.78, 5) is 0. The molecule has 0 amide bonds. The zero-order valence-electron chi connectivity index (χ0n) is 6.93. The van der Waals surface area contributed by atoms with E-state index in [4.69, 9.17) is 5.11 Å². The van der Waals surface area contributed by atoms with Gasteiger partial charge in [0, 0.05) is 0 Å². The van der Waals surface area contributed by atoms with Gasteiger partial charge in [0.15, 0.2) is 0 Å². The van der Waals surface area contributed by atoms with Gasteiger partial charge >= 0.3 is 0 Å². The molecule has 0 bridgehead atoms. The highest BCUT2D eigenvalue weighted by Gasteiger charge is 1.98. The van der Waals surface area contributed by atoms with Crippen molar-refractivity contribution in [1.82, 2.24) is 0 Å². The van der Waals surface area contributed by atoms with Crippen molar-refractivity contribution in [1.29, 1.82) is 0 Å². The van der Waals surface area contributed by atoms with Crippen molar-refractivity contribution in [2.75, 3.05) is 0 Å². The van der Waals surface area contributed by atoms with Crippen LogP contribution in [0.1, 0.15) is 33.1 Å². The molecule has 1 unspecified atom stereocenters. The Hall–Kier alpha value is -0.300. The van der Waals surface area contributed by atoms with Gasteiger partial charge in [-0.1, -0.05) is 26.3 Å². The number of hydrogen-bond donors (Lipinski definition) is 1. The predicted molar refractivity (Wildman–Crippen MR) is 44.6 cm³/mol. The smallest absolute Gasteiger partial charge is 0.0718 e. The molecule has 0 aromatic heterocycles. The van der Waals surface area contributed by atoms with Gasteiger partial charge in [0.25, 0.3) is 0 Å². The second kappa shape index (κ2) is 5.48. The zero-order chi connectivity index (χ0) is 7.98. The van der Waals surface area contributed by atoms with Gasteiger partial charge in [-0.2, -0.15) is 0 Å². The monoisotopic (exact) mass is 141 g/mol. The number of aliphatic hydroxyl groups excluding tert-OH is 1. The number of aliphatic hydroxyl groups is 1. The molecule has 0 saturated carbocycles. The molecule has 1 atom stereocenters. The van der Waals surface area contributed by atoms with Crippen LogP contribution in [0.25, 0.3) is 0 Å². The topological polar surface area (TPSA) is 20.2 Å². The molecule has 0 spiro atoms. The Morgan fingerprint density at radius 3 is 2.60 bits per heavy atom. The molecule has 59 valence electrons. The van der Waals surface area contributed by atoms with Crippen LogP contribution in [0.2, 0.25) is 0 Å². The fourth-order valence-electron chi connectivity index (χ4n) is 0.783. The molecule has 10 heavy (non-hydrogen) atoms. The SMILES string of the molecule is C=CC(O)CCC[C](C)C. The first-order valence-corrected chi connectivity index (χ1v) is 3.76. The van der Waals surface area contributed by atoms with Crippen LogP contribution in [0.3, 0.4) is 0 Å². The average Bonchev–Trinajstić information content (AvgIpc) is 1.87. The Morgan fingerprint density at radius 2 is 2.20 bits per heavy atom. The van der Waals surface area contributed by atoms with E-state index in [1.54, 1.807) is 6.08 Å².